The Morgan fingerprint density at radius 3 is 2.12 bits per heavy atom. The number of aryl methyl sites for hydroxylation is 1. The highest BCUT2D eigenvalue weighted by molar-refractivity contribution is 7.94. The zero-order valence-corrected chi connectivity index (χ0v) is 23.1. The number of rotatable bonds is 10. The Kier molecular flexibility index (Phi) is 9.67. The fourth-order valence-electron chi connectivity index (χ4n) is 3.06. The maximum absolute atomic E-state index is 12.0. The van der Waals surface area contributed by atoms with E-state index in [2.05, 4.69) is 50.1 Å². The van der Waals surface area contributed by atoms with Gasteiger partial charge in [0.1, 0.15) is 10.6 Å². The van der Waals surface area contributed by atoms with Crippen LogP contribution in [0.2, 0.25) is 10.6 Å². The van der Waals surface area contributed by atoms with Crippen molar-refractivity contribution in [2.45, 2.75) is 16.7 Å². The largest absolute Gasteiger partial charge is 0.324 e. The van der Waals surface area contributed by atoms with E-state index in [4.69, 9.17) is 28.5 Å². The first-order valence-electron chi connectivity index (χ1n) is 10.8. The van der Waals surface area contributed by atoms with Gasteiger partial charge in [-0.3, -0.25) is 4.55 Å². The number of aromatic nitrogens is 3. The van der Waals surface area contributed by atoms with Gasteiger partial charge in [-0.05, 0) is 96.4 Å². The van der Waals surface area contributed by atoms with E-state index in [1.165, 1.54) is 12.1 Å². The van der Waals surface area contributed by atoms with Crippen LogP contribution in [-0.2, 0) is 19.5 Å². The minimum atomic E-state index is -4.67. The van der Waals surface area contributed by atoms with Crippen LogP contribution in [0.15, 0.2) is 90.9 Å². The standard InChI is InChI=1S/C22H16Cl2N8O6S2/c1-12-10-14(25-22-27-20(23)26-21(24)28-22)4-8-17(12)31-32-18-9-5-15(11-19(18)40(34,35)36)30-29-13-2-6-16(7-3-13)39-38-37-33/h2-11,33H,1H3,(H,34,35,36)(H,25,26,27,28). The molecule has 0 aliphatic heterocycles. The highest BCUT2D eigenvalue weighted by Gasteiger charge is 2.17. The molecule has 1 heterocycles. The number of nitrogens with zero attached hydrogens (tertiary/aromatic N) is 7. The molecule has 0 unspecified atom stereocenters. The van der Waals surface area contributed by atoms with E-state index >= 15 is 0 Å². The Bertz CT molecular complexity index is 1670. The molecular weight excluding hydrogens is 607 g/mol. The van der Waals surface area contributed by atoms with Crippen molar-refractivity contribution < 1.29 is 27.6 Å². The molecule has 40 heavy (non-hydrogen) atoms. The number of hydrogen-bond donors (Lipinski definition) is 3. The Hall–Kier alpha value is -3.61. The molecule has 0 radical (unpaired) electrons. The third kappa shape index (κ3) is 8.20. The zero-order chi connectivity index (χ0) is 28.7. The third-order valence-electron chi connectivity index (χ3n) is 4.80. The number of hydrogen-bond acceptors (Lipinski definition) is 14. The van der Waals surface area contributed by atoms with Gasteiger partial charge < -0.3 is 5.32 Å². The smallest absolute Gasteiger partial charge is 0.296 e. The van der Waals surface area contributed by atoms with Crippen molar-refractivity contribution in [2.75, 3.05) is 5.32 Å². The van der Waals surface area contributed by atoms with E-state index < -0.39 is 15.0 Å². The van der Waals surface area contributed by atoms with Crippen LogP contribution in [0.25, 0.3) is 0 Å². The lowest BCUT2D eigenvalue weighted by atomic mass is 10.2. The maximum Gasteiger partial charge on any atom is 0.296 e. The van der Waals surface area contributed by atoms with Crippen molar-refractivity contribution in [1.29, 1.82) is 0 Å². The zero-order valence-electron chi connectivity index (χ0n) is 20.0. The molecule has 4 aromatic rings. The number of anilines is 2. The summed E-state index contributed by atoms with van der Waals surface area (Å²) in [6, 6.07) is 15.4. The molecule has 0 atom stereocenters. The van der Waals surface area contributed by atoms with Gasteiger partial charge in [0.25, 0.3) is 10.1 Å². The normalized spacial score (nSPS) is 11.9. The summed E-state index contributed by atoms with van der Waals surface area (Å²) >= 11 is 12.4. The van der Waals surface area contributed by atoms with E-state index in [0.29, 0.717) is 27.5 Å². The van der Waals surface area contributed by atoms with Crippen molar-refractivity contribution in [3.63, 3.8) is 0 Å². The summed E-state index contributed by atoms with van der Waals surface area (Å²) in [5, 5.41) is 30.7. The van der Waals surface area contributed by atoms with Gasteiger partial charge in [0.05, 0.1) is 29.1 Å². The Balaban J connectivity index is 1.52. The molecule has 18 heteroatoms. The van der Waals surface area contributed by atoms with E-state index in [9.17, 15) is 13.0 Å². The molecule has 0 aliphatic carbocycles. The van der Waals surface area contributed by atoms with Crippen LogP contribution in [-0.4, -0.2) is 33.2 Å². The monoisotopic (exact) mass is 622 g/mol. The van der Waals surface area contributed by atoms with Crippen LogP contribution in [0.4, 0.5) is 34.4 Å². The minimum absolute atomic E-state index is 0.0682. The molecule has 0 aliphatic rings. The van der Waals surface area contributed by atoms with Crippen LogP contribution in [0.1, 0.15) is 5.56 Å². The number of nitrogens with one attached hydrogen (secondary N) is 1. The first-order chi connectivity index (χ1) is 19.1. The average Bonchev–Trinajstić information content (AvgIpc) is 2.90. The third-order valence-corrected chi connectivity index (χ3v) is 6.61. The van der Waals surface area contributed by atoms with E-state index in [1.54, 1.807) is 49.4 Å². The second-order valence-electron chi connectivity index (χ2n) is 7.57. The van der Waals surface area contributed by atoms with Crippen LogP contribution >= 0.6 is 35.2 Å². The molecule has 14 nitrogen and oxygen atoms in total. The molecule has 0 bridgehead atoms. The average molecular weight is 623 g/mol. The summed E-state index contributed by atoms with van der Waals surface area (Å²) < 4.78 is 38.2. The molecule has 4 rings (SSSR count). The van der Waals surface area contributed by atoms with Crippen LogP contribution in [0, 0.1) is 6.92 Å². The fraction of sp³-hybridized carbons (Fsp3) is 0.0455. The molecule has 0 fully saturated rings. The number of azo groups is 2. The van der Waals surface area contributed by atoms with Gasteiger partial charge >= 0.3 is 0 Å². The van der Waals surface area contributed by atoms with Crippen LogP contribution in [0.5, 0.6) is 0 Å². The number of halogens is 2. The van der Waals surface area contributed by atoms with Gasteiger partial charge in [0, 0.05) is 10.6 Å². The summed E-state index contributed by atoms with van der Waals surface area (Å²) in [6.45, 7) is 1.76. The van der Waals surface area contributed by atoms with E-state index in [0.717, 1.165) is 18.1 Å². The lowest BCUT2D eigenvalue weighted by molar-refractivity contribution is -0.432. The number of benzene rings is 3. The van der Waals surface area contributed by atoms with Gasteiger partial charge in [0.15, 0.2) is 0 Å². The molecule has 0 amide bonds. The molecule has 0 spiro atoms. The van der Waals surface area contributed by atoms with Crippen molar-refractivity contribution in [1.82, 2.24) is 15.0 Å². The quantitative estimate of drug-likeness (QED) is 0.0514. The SMILES string of the molecule is Cc1cc(Nc2nc(Cl)nc(Cl)n2)ccc1N=Nc1ccc(N=Nc2ccc(SOOO)cc2)cc1S(=O)(=O)O. The molecule has 3 N–H and O–H groups in total. The summed E-state index contributed by atoms with van der Waals surface area (Å²) in [5.41, 5.74) is 2.20. The van der Waals surface area contributed by atoms with Crippen molar-refractivity contribution in [3.8, 4) is 0 Å². The van der Waals surface area contributed by atoms with Gasteiger partial charge in [0.2, 0.25) is 16.5 Å². The predicted molar refractivity (Wildman–Crippen MR) is 146 cm³/mol. The Morgan fingerprint density at radius 2 is 1.48 bits per heavy atom. The highest BCUT2D eigenvalue weighted by atomic mass is 35.5. The predicted octanol–water partition coefficient (Wildman–Crippen LogP) is 7.74. The van der Waals surface area contributed by atoms with Crippen LogP contribution < -0.4 is 5.32 Å². The minimum Gasteiger partial charge on any atom is -0.324 e. The molecule has 206 valence electrons. The van der Waals surface area contributed by atoms with E-state index in [-0.39, 0.29) is 27.9 Å². The lowest BCUT2D eigenvalue weighted by Crippen LogP contribution is -1.99. The fourth-order valence-corrected chi connectivity index (χ4v) is 4.42. The van der Waals surface area contributed by atoms with Gasteiger partial charge in [-0.25, -0.2) is 5.26 Å². The van der Waals surface area contributed by atoms with Crippen LogP contribution in [0.3, 0.4) is 0 Å². The highest BCUT2D eigenvalue weighted by Crippen LogP contribution is 2.33. The summed E-state index contributed by atoms with van der Waals surface area (Å²) in [5.74, 6) is 0.146. The first kappa shape index (κ1) is 29.4. The topological polar surface area (TPSA) is 193 Å². The van der Waals surface area contributed by atoms with Crippen molar-refractivity contribution in [2.24, 2.45) is 20.5 Å². The Morgan fingerprint density at radius 1 is 0.850 bits per heavy atom. The first-order valence-corrected chi connectivity index (χ1v) is 13.7. The second kappa shape index (κ2) is 13.2. The Labute approximate surface area is 241 Å². The molecule has 3 aromatic carbocycles. The molecular formula is C22H16Cl2N8O6S2. The van der Waals surface area contributed by atoms with Crippen molar-refractivity contribution in [3.05, 3.63) is 76.8 Å². The molecule has 1 aromatic heterocycles. The second-order valence-corrected chi connectivity index (χ2v) is 10.4. The summed E-state index contributed by atoms with van der Waals surface area (Å²) in [6.07, 6.45) is 0. The maximum atomic E-state index is 12.0. The lowest BCUT2D eigenvalue weighted by Gasteiger charge is -2.07. The summed E-state index contributed by atoms with van der Waals surface area (Å²) in [7, 11) is -4.67. The molecule has 0 saturated heterocycles. The molecule has 0 saturated carbocycles. The van der Waals surface area contributed by atoms with Gasteiger partial charge in [-0.15, -0.1) is 9.45 Å². The van der Waals surface area contributed by atoms with Crippen molar-refractivity contribution >= 4 is 79.7 Å². The summed E-state index contributed by atoms with van der Waals surface area (Å²) in [4.78, 5) is 11.7. The van der Waals surface area contributed by atoms with E-state index in [1.807, 2.05) is 0 Å². The van der Waals surface area contributed by atoms with Gasteiger partial charge in [-0.1, -0.05) is 5.04 Å². The van der Waals surface area contributed by atoms with Gasteiger partial charge in [-0.2, -0.15) is 38.7 Å².